The number of hydrogen-bond acceptors (Lipinski definition) is 5. The lowest BCUT2D eigenvalue weighted by Gasteiger charge is -2.02. The number of aryl methyl sites for hydroxylation is 1. The van der Waals surface area contributed by atoms with Crippen LogP contribution in [0, 0.1) is 0 Å². The van der Waals surface area contributed by atoms with Gasteiger partial charge in [0.1, 0.15) is 5.69 Å². The van der Waals surface area contributed by atoms with Crippen molar-refractivity contribution in [2.75, 3.05) is 5.73 Å². The van der Waals surface area contributed by atoms with Crippen LogP contribution in [0.15, 0.2) is 48.7 Å². The van der Waals surface area contributed by atoms with E-state index in [1.54, 1.807) is 30.5 Å². The van der Waals surface area contributed by atoms with Gasteiger partial charge < -0.3 is 5.73 Å². The molecule has 1 aromatic carbocycles. The van der Waals surface area contributed by atoms with Gasteiger partial charge in [0.05, 0.1) is 0 Å². The van der Waals surface area contributed by atoms with Crippen LogP contribution in [-0.2, 0) is 6.42 Å². The highest BCUT2D eigenvalue weighted by molar-refractivity contribution is 5.96. The van der Waals surface area contributed by atoms with E-state index in [2.05, 4.69) is 22.0 Å². The Morgan fingerprint density at radius 1 is 1.18 bits per heavy atom. The van der Waals surface area contributed by atoms with E-state index in [9.17, 15) is 4.79 Å². The number of pyridine rings is 1. The Balaban J connectivity index is 1.94. The molecule has 0 saturated heterocycles. The maximum atomic E-state index is 12.5. The SMILES string of the molecule is CCc1ccc(C(=O)n2nc(-c3ccccn3)nc2N)cc1. The van der Waals surface area contributed by atoms with Crippen LogP contribution >= 0.6 is 0 Å². The molecule has 22 heavy (non-hydrogen) atoms. The monoisotopic (exact) mass is 293 g/mol. The Morgan fingerprint density at radius 2 is 1.95 bits per heavy atom. The van der Waals surface area contributed by atoms with Gasteiger partial charge >= 0.3 is 0 Å². The number of aromatic nitrogens is 4. The molecule has 0 aliphatic rings. The Labute approximate surface area is 127 Å². The fraction of sp³-hybridized carbons (Fsp3) is 0.125. The largest absolute Gasteiger partial charge is 0.368 e. The van der Waals surface area contributed by atoms with Crippen LogP contribution in [0.25, 0.3) is 11.5 Å². The molecule has 0 spiro atoms. The molecule has 0 radical (unpaired) electrons. The first-order valence-electron chi connectivity index (χ1n) is 6.96. The summed E-state index contributed by atoms with van der Waals surface area (Å²) < 4.78 is 1.10. The molecule has 2 N–H and O–H groups in total. The van der Waals surface area contributed by atoms with Crippen LogP contribution in [0.3, 0.4) is 0 Å². The number of benzene rings is 1. The molecule has 0 bridgehead atoms. The smallest absolute Gasteiger partial charge is 0.281 e. The van der Waals surface area contributed by atoms with Crippen LogP contribution in [0.2, 0.25) is 0 Å². The molecular weight excluding hydrogens is 278 g/mol. The quantitative estimate of drug-likeness (QED) is 0.799. The fourth-order valence-corrected chi connectivity index (χ4v) is 2.08. The normalized spacial score (nSPS) is 10.6. The molecule has 6 heteroatoms. The highest BCUT2D eigenvalue weighted by Crippen LogP contribution is 2.15. The van der Waals surface area contributed by atoms with Gasteiger partial charge in [-0.05, 0) is 36.2 Å². The molecule has 0 saturated carbocycles. The number of carbonyl (C=O) groups excluding carboxylic acids is 1. The van der Waals surface area contributed by atoms with Gasteiger partial charge in [0.2, 0.25) is 11.8 Å². The fourth-order valence-electron chi connectivity index (χ4n) is 2.08. The summed E-state index contributed by atoms with van der Waals surface area (Å²) in [5.74, 6) is 0.0664. The predicted octanol–water partition coefficient (Wildman–Crippen LogP) is 2.17. The van der Waals surface area contributed by atoms with Crippen molar-refractivity contribution >= 4 is 11.9 Å². The Morgan fingerprint density at radius 3 is 2.59 bits per heavy atom. The average molecular weight is 293 g/mol. The summed E-state index contributed by atoms with van der Waals surface area (Å²) in [5.41, 5.74) is 8.06. The van der Waals surface area contributed by atoms with Crippen molar-refractivity contribution in [2.45, 2.75) is 13.3 Å². The summed E-state index contributed by atoms with van der Waals surface area (Å²) in [6.07, 6.45) is 2.56. The van der Waals surface area contributed by atoms with Crippen molar-refractivity contribution in [3.63, 3.8) is 0 Å². The first-order chi connectivity index (χ1) is 10.7. The first-order valence-corrected chi connectivity index (χ1v) is 6.96. The number of nitrogens with zero attached hydrogens (tertiary/aromatic N) is 4. The van der Waals surface area contributed by atoms with E-state index in [0.717, 1.165) is 16.7 Å². The van der Waals surface area contributed by atoms with Gasteiger partial charge in [-0.1, -0.05) is 25.1 Å². The second-order valence-electron chi connectivity index (χ2n) is 4.78. The van der Waals surface area contributed by atoms with Gasteiger partial charge in [0, 0.05) is 11.8 Å². The van der Waals surface area contributed by atoms with E-state index in [-0.39, 0.29) is 11.9 Å². The maximum Gasteiger partial charge on any atom is 0.281 e. The van der Waals surface area contributed by atoms with Gasteiger partial charge in [-0.15, -0.1) is 5.10 Å². The van der Waals surface area contributed by atoms with Crippen LogP contribution in [0.5, 0.6) is 0 Å². The lowest BCUT2D eigenvalue weighted by Crippen LogP contribution is -2.16. The predicted molar refractivity (Wildman–Crippen MR) is 83.2 cm³/mol. The average Bonchev–Trinajstić information content (AvgIpc) is 2.97. The highest BCUT2D eigenvalue weighted by Gasteiger charge is 2.17. The molecule has 0 atom stereocenters. The van der Waals surface area contributed by atoms with E-state index >= 15 is 0 Å². The molecule has 0 fully saturated rings. The molecule has 3 aromatic rings. The number of anilines is 1. The summed E-state index contributed by atoms with van der Waals surface area (Å²) in [5, 5.41) is 4.17. The van der Waals surface area contributed by atoms with Crippen molar-refractivity contribution in [3.05, 3.63) is 59.8 Å². The summed E-state index contributed by atoms with van der Waals surface area (Å²) in [4.78, 5) is 20.7. The first kappa shape index (κ1) is 13.9. The molecule has 0 unspecified atom stereocenters. The van der Waals surface area contributed by atoms with E-state index < -0.39 is 0 Å². The maximum absolute atomic E-state index is 12.5. The molecule has 2 aromatic heterocycles. The Kier molecular flexibility index (Phi) is 3.65. The topological polar surface area (TPSA) is 86.7 Å². The second-order valence-corrected chi connectivity index (χ2v) is 4.78. The van der Waals surface area contributed by atoms with Crippen molar-refractivity contribution in [1.29, 1.82) is 0 Å². The minimum atomic E-state index is -0.310. The number of nitrogens with two attached hydrogens (primary N) is 1. The molecule has 110 valence electrons. The Bertz CT molecular complexity index is 793. The van der Waals surface area contributed by atoms with Gasteiger partial charge in [0.15, 0.2) is 0 Å². The molecule has 2 heterocycles. The number of carbonyl (C=O) groups is 1. The Hall–Kier alpha value is -3.02. The number of hydrogen-bond donors (Lipinski definition) is 1. The van der Waals surface area contributed by atoms with E-state index in [1.807, 2.05) is 18.2 Å². The third kappa shape index (κ3) is 2.58. The zero-order valence-corrected chi connectivity index (χ0v) is 12.1. The van der Waals surface area contributed by atoms with Crippen LogP contribution in [0.1, 0.15) is 22.8 Å². The summed E-state index contributed by atoms with van der Waals surface area (Å²) in [6, 6.07) is 12.7. The van der Waals surface area contributed by atoms with Crippen LogP contribution in [-0.4, -0.2) is 25.7 Å². The lowest BCUT2D eigenvalue weighted by atomic mass is 10.1. The number of rotatable bonds is 3. The molecule has 0 aliphatic heterocycles. The zero-order valence-electron chi connectivity index (χ0n) is 12.1. The minimum absolute atomic E-state index is 0.0465. The summed E-state index contributed by atoms with van der Waals surface area (Å²) >= 11 is 0. The van der Waals surface area contributed by atoms with Gasteiger partial charge in [-0.2, -0.15) is 9.67 Å². The standard InChI is InChI=1S/C16H15N5O/c1-2-11-6-8-12(9-7-11)15(22)21-16(17)19-14(20-21)13-5-3-4-10-18-13/h3-10H,2H2,1H3,(H2,17,19,20). The summed E-state index contributed by atoms with van der Waals surface area (Å²) in [6.45, 7) is 2.06. The lowest BCUT2D eigenvalue weighted by molar-refractivity contribution is 0.0948. The third-order valence-corrected chi connectivity index (χ3v) is 3.33. The van der Waals surface area contributed by atoms with Crippen LogP contribution < -0.4 is 5.73 Å². The van der Waals surface area contributed by atoms with Crippen molar-refractivity contribution in [3.8, 4) is 11.5 Å². The summed E-state index contributed by atoms with van der Waals surface area (Å²) in [7, 11) is 0. The van der Waals surface area contributed by atoms with Gasteiger partial charge in [0.25, 0.3) is 5.91 Å². The highest BCUT2D eigenvalue weighted by atomic mass is 16.2. The molecule has 6 nitrogen and oxygen atoms in total. The van der Waals surface area contributed by atoms with E-state index in [1.165, 1.54) is 0 Å². The third-order valence-electron chi connectivity index (χ3n) is 3.33. The molecule has 3 rings (SSSR count). The van der Waals surface area contributed by atoms with Crippen molar-refractivity contribution < 1.29 is 4.79 Å². The van der Waals surface area contributed by atoms with Crippen molar-refractivity contribution in [2.24, 2.45) is 0 Å². The van der Waals surface area contributed by atoms with Crippen molar-refractivity contribution in [1.82, 2.24) is 19.7 Å². The van der Waals surface area contributed by atoms with Crippen LogP contribution in [0.4, 0.5) is 5.95 Å². The minimum Gasteiger partial charge on any atom is -0.368 e. The van der Waals surface area contributed by atoms with Gasteiger partial charge in [-0.25, -0.2) is 0 Å². The van der Waals surface area contributed by atoms with E-state index in [4.69, 9.17) is 5.73 Å². The van der Waals surface area contributed by atoms with Gasteiger partial charge in [-0.3, -0.25) is 9.78 Å². The molecule has 0 aliphatic carbocycles. The zero-order chi connectivity index (χ0) is 15.5. The number of nitrogen functional groups attached to an aromatic ring is 1. The molecule has 0 amide bonds. The van der Waals surface area contributed by atoms with E-state index in [0.29, 0.717) is 17.1 Å². The second kappa shape index (κ2) is 5.77. The molecular formula is C16H15N5O.